The molecule has 3 aromatic carbocycles. The van der Waals surface area contributed by atoms with Crippen LogP contribution in [0.1, 0.15) is 12.8 Å². The Morgan fingerprint density at radius 2 is 1.59 bits per heavy atom. The lowest BCUT2D eigenvalue weighted by atomic mass is 10.1. The summed E-state index contributed by atoms with van der Waals surface area (Å²) < 4.78 is 12.7. The highest BCUT2D eigenvalue weighted by Gasteiger charge is 2.14. The highest BCUT2D eigenvalue weighted by atomic mass is 16.5. The Balaban J connectivity index is 1.47. The summed E-state index contributed by atoms with van der Waals surface area (Å²) >= 11 is 0. The number of hydrogen-bond donors (Lipinski definition) is 1. The molecule has 6 nitrogen and oxygen atoms in total. The average Bonchev–Trinajstić information content (AvgIpc) is 3.27. The van der Waals surface area contributed by atoms with E-state index in [1.165, 1.54) is 0 Å². The third-order valence-electron chi connectivity index (χ3n) is 4.92. The second-order valence-electron chi connectivity index (χ2n) is 7.20. The van der Waals surface area contributed by atoms with Crippen LogP contribution in [-0.2, 0) is 4.79 Å². The van der Waals surface area contributed by atoms with Crippen LogP contribution in [-0.4, -0.2) is 29.4 Å². The quantitative estimate of drug-likeness (QED) is 0.366. The molecular formula is C26H25N3O3. The van der Waals surface area contributed by atoms with Crippen molar-refractivity contribution in [1.29, 1.82) is 0 Å². The molecule has 1 amide bonds. The maximum Gasteiger partial charge on any atom is 0.225 e. The Bertz CT molecular complexity index is 1140. The van der Waals surface area contributed by atoms with Gasteiger partial charge >= 0.3 is 0 Å². The van der Waals surface area contributed by atoms with E-state index in [-0.39, 0.29) is 5.91 Å². The van der Waals surface area contributed by atoms with Crippen molar-refractivity contribution in [3.05, 3.63) is 91.0 Å². The van der Waals surface area contributed by atoms with E-state index in [0.29, 0.717) is 25.3 Å². The van der Waals surface area contributed by atoms with Crippen LogP contribution in [0.25, 0.3) is 16.9 Å². The summed E-state index contributed by atoms with van der Waals surface area (Å²) in [4.78, 5) is 12.6. The fourth-order valence-electron chi connectivity index (χ4n) is 3.29. The first-order valence-corrected chi connectivity index (χ1v) is 10.5. The molecule has 1 heterocycles. The molecule has 0 fully saturated rings. The Morgan fingerprint density at radius 1 is 0.906 bits per heavy atom. The fourth-order valence-corrected chi connectivity index (χ4v) is 3.29. The lowest BCUT2D eigenvalue weighted by Crippen LogP contribution is -2.15. The Kier molecular flexibility index (Phi) is 6.82. The summed E-state index contributed by atoms with van der Waals surface area (Å²) in [6.45, 7) is 0.477. The van der Waals surface area contributed by atoms with Crippen LogP contribution in [0.3, 0.4) is 0 Å². The van der Waals surface area contributed by atoms with Crippen LogP contribution in [0.15, 0.2) is 91.0 Å². The van der Waals surface area contributed by atoms with Crippen LogP contribution in [0, 0.1) is 0 Å². The van der Waals surface area contributed by atoms with Crippen LogP contribution < -0.4 is 14.8 Å². The standard InChI is InChI=1S/C26H25N3O3/c1-31-22-16-14-21(15-17-22)29-25(19-24(28-29)20-9-4-2-5-10-20)27-26(30)13-8-18-32-23-11-6-3-7-12-23/h2-7,9-12,14-17,19H,8,13,18H2,1H3,(H,27,30). The lowest BCUT2D eigenvalue weighted by Gasteiger charge is -2.10. The van der Waals surface area contributed by atoms with Crippen molar-refractivity contribution in [3.8, 4) is 28.4 Å². The fraction of sp³-hybridized carbons (Fsp3) is 0.154. The maximum atomic E-state index is 12.6. The summed E-state index contributed by atoms with van der Waals surface area (Å²) in [5.41, 5.74) is 2.59. The van der Waals surface area contributed by atoms with Crippen molar-refractivity contribution < 1.29 is 14.3 Å². The second kappa shape index (κ2) is 10.3. The molecule has 0 spiro atoms. The highest BCUT2D eigenvalue weighted by molar-refractivity contribution is 5.90. The van der Waals surface area contributed by atoms with Crippen molar-refractivity contribution >= 4 is 11.7 Å². The number of nitrogens with one attached hydrogen (secondary N) is 1. The SMILES string of the molecule is COc1ccc(-n2nc(-c3ccccc3)cc2NC(=O)CCCOc2ccccc2)cc1. The van der Waals surface area contributed by atoms with E-state index in [9.17, 15) is 4.79 Å². The average molecular weight is 428 g/mol. The van der Waals surface area contributed by atoms with Gasteiger partial charge in [-0.15, -0.1) is 0 Å². The number of nitrogens with zero attached hydrogens (tertiary/aromatic N) is 2. The molecule has 4 rings (SSSR count). The minimum Gasteiger partial charge on any atom is -0.497 e. The van der Waals surface area contributed by atoms with Gasteiger partial charge in [0.05, 0.1) is 25.1 Å². The molecule has 0 aliphatic carbocycles. The molecular weight excluding hydrogens is 402 g/mol. The van der Waals surface area contributed by atoms with Crippen molar-refractivity contribution in [2.75, 3.05) is 19.0 Å². The molecule has 6 heteroatoms. The van der Waals surface area contributed by atoms with Gasteiger partial charge in [-0.1, -0.05) is 48.5 Å². The van der Waals surface area contributed by atoms with E-state index in [2.05, 4.69) is 5.32 Å². The zero-order valence-corrected chi connectivity index (χ0v) is 17.9. The van der Waals surface area contributed by atoms with E-state index >= 15 is 0 Å². The van der Waals surface area contributed by atoms with Gasteiger partial charge in [-0.05, 0) is 42.8 Å². The van der Waals surface area contributed by atoms with Crippen LogP contribution in [0.5, 0.6) is 11.5 Å². The summed E-state index contributed by atoms with van der Waals surface area (Å²) in [5, 5.41) is 7.73. The highest BCUT2D eigenvalue weighted by Crippen LogP contribution is 2.26. The molecule has 162 valence electrons. The number of anilines is 1. The van der Waals surface area contributed by atoms with Gasteiger partial charge in [0.1, 0.15) is 17.3 Å². The molecule has 0 radical (unpaired) electrons. The number of ether oxygens (including phenoxy) is 2. The first-order valence-electron chi connectivity index (χ1n) is 10.5. The molecule has 0 aliphatic rings. The first-order chi connectivity index (χ1) is 15.7. The Labute approximate surface area is 187 Å². The summed E-state index contributed by atoms with van der Waals surface area (Å²) in [6.07, 6.45) is 0.963. The zero-order valence-electron chi connectivity index (χ0n) is 17.9. The molecule has 0 saturated heterocycles. The lowest BCUT2D eigenvalue weighted by molar-refractivity contribution is -0.116. The second-order valence-corrected chi connectivity index (χ2v) is 7.20. The van der Waals surface area contributed by atoms with Crippen LogP contribution in [0.4, 0.5) is 5.82 Å². The van der Waals surface area contributed by atoms with Gasteiger partial charge in [0.15, 0.2) is 0 Å². The van der Waals surface area contributed by atoms with Gasteiger partial charge in [0.2, 0.25) is 5.91 Å². The number of rotatable bonds is 9. The van der Waals surface area contributed by atoms with Gasteiger partial charge in [-0.2, -0.15) is 5.10 Å². The molecule has 0 saturated carbocycles. The van der Waals surface area contributed by atoms with E-state index in [1.807, 2.05) is 91.0 Å². The minimum absolute atomic E-state index is 0.0871. The summed E-state index contributed by atoms with van der Waals surface area (Å²) in [7, 11) is 1.63. The number of amides is 1. The van der Waals surface area contributed by atoms with E-state index in [0.717, 1.165) is 28.4 Å². The van der Waals surface area contributed by atoms with Gasteiger partial charge in [0, 0.05) is 18.1 Å². The van der Waals surface area contributed by atoms with Crippen molar-refractivity contribution in [2.45, 2.75) is 12.8 Å². The molecule has 4 aromatic rings. The van der Waals surface area contributed by atoms with Crippen LogP contribution >= 0.6 is 0 Å². The first kappa shape index (κ1) is 21.2. The topological polar surface area (TPSA) is 65.4 Å². The molecule has 1 N–H and O–H groups in total. The Hall–Kier alpha value is -4.06. The van der Waals surface area contributed by atoms with Crippen molar-refractivity contribution in [1.82, 2.24) is 9.78 Å². The number of carbonyl (C=O) groups excluding carboxylic acids is 1. The monoisotopic (exact) mass is 427 g/mol. The van der Waals surface area contributed by atoms with Gasteiger partial charge < -0.3 is 14.8 Å². The number of aromatic nitrogens is 2. The normalized spacial score (nSPS) is 10.5. The molecule has 0 unspecified atom stereocenters. The largest absolute Gasteiger partial charge is 0.497 e. The predicted octanol–water partition coefficient (Wildman–Crippen LogP) is 5.35. The summed E-state index contributed by atoms with van der Waals surface area (Å²) in [6, 6.07) is 28.9. The number of para-hydroxylation sites is 1. The van der Waals surface area contributed by atoms with Gasteiger partial charge in [-0.25, -0.2) is 4.68 Å². The van der Waals surface area contributed by atoms with Crippen molar-refractivity contribution in [3.63, 3.8) is 0 Å². The molecule has 0 atom stereocenters. The minimum atomic E-state index is -0.0871. The van der Waals surface area contributed by atoms with Crippen molar-refractivity contribution in [2.24, 2.45) is 0 Å². The zero-order chi connectivity index (χ0) is 22.2. The molecule has 0 bridgehead atoms. The molecule has 1 aromatic heterocycles. The van der Waals surface area contributed by atoms with E-state index in [1.54, 1.807) is 11.8 Å². The summed E-state index contributed by atoms with van der Waals surface area (Å²) in [5.74, 6) is 2.09. The third-order valence-corrected chi connectivity index (χ3v) is 4.92. The maximum absolute atomic E-state index is 12.6. The molecule has 0 aliphatic heterocycles. The number of benzene rings is 3. The Morgan fingerprint density at radius 3 is 2.28 bits per heavy atom. The van der Waals surface area contributed by atoms with Crippen LogP contribution in [0.2, 0.25) is 0 Å². The smallest absolute Gasteiger partial charge is 0.225 e. The third kappa shape index (κ3) is 5.35. The number of hydrogen-bond acceptors (Lipinski definition) is 4. The van der Waals surface area contributed by atoms with Gasteiger partial charge in [-0.3, -0.25) is 4.79 Å². The predicted molar refractivity (Wildman–Crippen MR) is 125 cm³/mol. The van der Waals surface area contributed by atoms with Gasteiger partial charge in [0.25, 0.3) is 0 Å². The number of carbonyl (C=O) groups is 1. The van der Waals surface area contributed by atoms with E-state index in [4.69, 9.17) is 14.6 Å². The number of methoxy groups -OCH3 is 1. The molecule has 32 heavy (non-hydrogen) atoms. The van der Waals surface area contributed by atoms with E-state index < -0.39 is 0 Å².